The Hall–Kier alpha value is -0.880. The number of hydrogen-bond acceptors (Lipinski definition) is 3. The molecule has 106 valence electrons. The maximum Gasteiger partial charge on any atom is 0.573 e. The van der Waals surface area contributed by atoms with Crippen LogP contribution in [0.15, 0.2) is 24.3 Å². The van der Waals surface area contributed by atoms with Crippen molar-refractivity contribution in [3.8, 4) is 5.75 Å². The lowest BCUT2D eigenvalue weighted by atomic mass is 10.00. The van der Waals surface area contributed by atoms with Gasteiger partial charge in [-0.1, -0.05) is 18.2 Å². The average molecular weight is 291 g/mol. The molecule has 0 saturated carbocycles. The van der Waals surface area contributed by atoms with E-state index in [0.717, 1.165) is 18.6 Å². The van der Waals surface area contributed by atoms with Crippen LogP contribution in [0.1, 0.15) is 24.4 Å². The summed E-state index contributed by atoms with van der Waals surface area (Å²) in [5, 5.41) is 3.41. The van der Waals surface area contributed by atoms with Gasteiger partial charge in [-0.3, -0.25) is 0 Å². The molecule has 1 heterocycles. The van der Waals surface area contributed by atoms with Gasteiger partial charge < -0.3 is 10.1 Å². The summed E-state index contributed by atoms with van der Waals surface area (Å²) in [4.78, 5) is 0. The molecule has 1 aliphatic heterocycles. The summed E-state index contributed by atoms with van der Waals surface area (Å²) in [5.41, 5.74) is 0.571. The summed E-state index contributed by atoms with van der Waals surface area (Å²) in [7, 11) is 1.77. The van der Waals surface area contributed by atoms with E-state index < -0.39 is 6.36 Å². The van der Waals surface area contributed by atoms with E-state index in [1.807, 2.05) is 0 Å². The first-order valence-corrected chi connectivity index (χ1v) is 7.19. The number of halogens is 3. The van der Waals surface area contributed by atoms with Crippen LogP contribution in [0.4, 0.5) is 13.2 Å². The molecule has 19 heavy (non-hydrogen) atoms. The van der Waals surface area contributed by atoms with Gasteiger partial charge in [0.2, 0.25) is 0 Å². The van der Waals surface area contributed by atoms with Crippen LogP contribution in [0, 0.1) is 0 Å². The van der Waals surface area contributed by atoms with E-state index >= 15 is 0 Å². The third-order valence-corrected chi connectivity index (χ3v) is 4.59. The van der Waals surface area contributed by atoms with Crippen LogP contribution in [0.3, 0.4) is 0 Å². The second-order valence-electron chi connectivity index (χ2n) is 4.40. The predicted molar refractivity (Wildman–Crippen MR) is 70.4 cm³/mol. The standard InChI is InChI=1S/C13H16F3NOS/c1-17-12(11-7-4-8-19-11)9-5-2-3-6-10(9)18-13(14,15)16/h2-3,5-6,11-12,17H,4,7-8H2,1H3. The van der Waals surface area contributed by atoms with Crippen molar-refractivity contribution in [2.45, 2.75) is 30.5 Å². The molecule has 6 heteroatoms. The summed E-state index contributed by atoms with van der Waals surface area (Å²) in [6.07, 6.45) is -2.54. The first-order valence-electron chi connectivity index (χ1n) is 6.15. The lowest BCUT2D eigenvalue weighted by molar-refractivity contribution is -0.275. The number of thioether (sulfide) groups is 1. The van der Waals surface area contributed by atoms with E-state index in [0.29, 0.717) is 10.8 Å². The van der Waals surface area contributed by atoms with Crippen LogP contribution in [0.25, 0.3) is 0 Å². The van der Waals surface area contributed by atoms with E-state index in [1.54, 1.807) is 37.0 Å². The van der Waals surface area contributed by atoms with Gasteiger partial charge in [0.1, 0.15) is 5.75 Å². The summed E-state index contributed by atoms with van der Waals surface area (Å²) >= 11 is 1.80. The maximum atomic E-state index is 12.4. The Kier molecular flexibility index (Phi) is 4.62. The minimum absolute atomic E-state index is 0.109. The van der Waals surface area contributed by atoms with Gasteiger partial charge in [-0.05, 0) is 31.7 Å². The van der Waals surface area contributed by atoms with Gasteiger partial charge >= 0.3 is 6.36 Å². The van der Waals surface area contributed by atoms with Crippen molar-refractivity contribution >= 4 is 11.8 Å². The molecular formula is C13H16F3NOS. The topological polar surface area (TPSA) is 21.3 Å². The van der Waals surface area contributed by atoms with Crippen molar-refractivity contribution in [3.05, 3.63) is 29.8 Å². The van der Waals surface area contributed by atoms with E-state index in [-0.39, 0.29) is 11.8 Å². The Morgan fingerprint density at radius 3 is 2.68 bits per heavy atom. The molecule has 0 aromatic heterocycles. The van der Waals surface area contributed by atoms with Gasteiger partial charge in [-0.2, -0.15) is 11.8 Å². The van der Waals surface area contributed by atoms with Crippen LogP contribution < -0.4 is 10.1 Å². The number of nitrogens with one attached hydrogen (secondary N) is 1. The van der Waals surface area contributed by atoms with Gasteiger partial charge in [-0.15, -0.1) is 13.2 Å². The quantitative estimate of drug-likeness (QED) is 0.913. The fourth-order valence-corrected chi connectivity index (χ4v) is 3.81. The van der Waals surface area contributed by atoms with Gasteiger partial charge in [0.25, 0.3) is 0 Å². The second kappa shape index (κ2) is 6.05. The monoisotopic (exact) mass is 291 g/mol. The summed E-state index contributed by atoms with van der Waals surface area (Å²) in [6.45, 7) is 0. The highest BCUT2D eigenvalue weighted by molar-refractivity contribution is 8.00. The third-order valence-electron chi connectivity index (χ3n) is 3.13. The molecule has 2 nitrogen and oxygen atoms in total. The molecular weight excluding hydrogens is 275 g/mol. The highest BCUT2D eigenvalue weighted by Gasteiger charge is 2.34. The molecule has 1 aromatic rings. The smallest absolute Gasteiger partial charge is 0.405 e. The van der Waals surface area contributed by atoms with E-state index in [9.17, 15) is 13.2 Å². The van der Waals surface area contributed by atoms with Crippen LogP contribution in [0.2, 0.25) is 0 Å². The van der Waals surface area contributed by atoms with Crippen molar-refractivity contribution < 1.29 is 17.9 Å². The molecule has 0 bridgehead atoms. The SMILES string of the molecule is CNC(c1ccccc1OC(F)(F)F)C1CCCS1. The van der Waals surface area contributed by atoms with Crippen LogP contribution >= 0.6 is 11.8 Å². The number of alkyl halides is 3. The van der Waals surface area contributed by atoms with Crippen LogP contribution in [-0.4, -0.2) is 24.4 Å². The van der Waals surface area contributed by atoms with Crippen molar-refractivity contribution in [2.24, 2.45) is 0 Å². The highest BCUT2D eigenvalue weighted by atomic mass is 32.2. The van der Waals surface area contributed by atoms with Crippen LogP contribution in [-0.2, 0) is 0 Å². The molecule has 0 spiro atoms. The lowest BCUT2D eigenvalue weighted by Crippen LogP contribution is -2.27. The second-order valence-corrected chi connectivity index (χ2v) is 5.75. The molecule has 1 fully saturated rings. The zero-order chi connectivity index (χ0) is 13.9. The largest absolute Gasteiger partial charge is 0.573 e. The van der Waals surface area contributed by atoms with Gasteiger partial charge in [-0.25, -0.2) is 0 Å². The number of rotatable bonds is 4. The average Bonchev–Trinajstić information content (AvgIpc) is 2.84. The maximum absolute atomic E-state index is 12.4. The number of ether oxygens (including phenoxy) is 1. The van der Waals surface area contributed by atoms with E-state index in [1.165, 1.54) is 6.07 Å². The molecule has 2 rings (SSSR count). The fraction of sp³-hybridized carbons (Fsp3) is 0.538. The van der Waals surface area contributed by atoms with E-state index in [4.69, 9.17) is 0 Å². The normalized spacial score (nSPS) is 21.4. The summed E-state index contributed by atoms with van der Waals surface area (Å²) < 4.78 is 41.4. The van der Waals surface area contributed by atoms with Crippen molar-refractivity contribution in [1.29, 1.82) is 0 Å². The number of benzene rings is 1. The number of para-hydroxylation sites is 1. The minimum Gasteiger partial charge on any atom is -0.405 e. The highest BCUT2D eigenvalue weighted by Crippen LogP contribution is 2.39. The molecule has 1 aromatic carbocycles. The molecule has 2 unspecified atom stereocenters. The fourth-order valence-electron chi connectivity index (χ4n) is 2.36. The zero-order valence-electron chi connectivity index (χ0n) is 10.5. The Labute approximate surface area is 114 Å². The van der Waals surface area contributed by atoms with Gasteiger partial charge in [0.15, 0.2) is 0 Å². The molecule has 1 saturated heterocycles. The molecule has 1 aliphatic rings. The predicted octanol–water partition coefficient (Wildman–Crippen LogP) is 3.74. The van der Waals surface area contributed by atoms with E-state index in [2.05, 4.69) is 10.1 Å². The first-order chi connectivity index (χ1) is 9.01. The molecule has 0 aliphatic carbocycles. The van der Waals surface area contributed by atoms with Crippen LogP contribution in [0.5, 0.6) is 5.75 Å². The molecule has 1 N–H and O–H groups in total. The van der Waals surface area contributed by atoms with Gasteiger partial charge in [0, 0.05) is 16.9 Å². The van der Waals surface area contributed by atoms with Crippen molar-refractivity contribution in [3.63, 3.8) is 0 Å². The third kappa shape index (κ3) is 3.79. The number of hydrogen-bond donors (Lipinski definition) is 1. The Morgan fingerprint density at radius 2 is 2.11 bits per heavy atom. The molecule has 0 radical (unpaired) electrons. The summed E-state index contributed by atoms with van der Waals surface area (Å²) in [5.74, 6) is 0.951. The lowest BCUT2D eigenvalue weighted by Gasteiger charge is -2.25. The van der Waals surface area contributed by atoms with Gasteiger partial charge in [0.05, 0.1) is 0 Å². The Bertz CT molecular complexity index is 419. The zero-order valence-corrected chi connectivity index (χ0v) is 11.4. The molecule has 0 amide bonds. The Morgan fingerprint density at radius 1 is 1.37 bits per heavy atom. The van der Waals surface area contributed by atoms with Crippen molar-refractivity contribution in [1.82, 2.24) is 5.32 Å². The van der Waals surface area contributed by atoms with Crippen molar-refractivity contribution in [2.75, 3.05) is 12.8 Å². The Balaban J connectivity index is 2.26. The molecule has 2 atom stereocenters. The first kappa shape index (κ1) is 14.5. The minimum atomic E-state index is -4.66. The summed E-state index contributed by atoms with van der Waals surface area (Å²) in [6, 6.07) is 6.24.